The number of thioether (sulfide) groups is 1. The van der Waals surface area contributed by atoms with Crippen LogP contribution >= 0.6 is 11.8 Å². The molecule has 0 atom stereocenters. The molecule has 0 aliphatic carbocycles. The summed E-state index contributed by atoms with van der Waals surface area (Å²) >= 11 is 1.54. The molecule has 0 aliphatic rings. The van der Waals surface area contributed by atoms with Crippen molar-refractivity contribution in [2.24, 2.45) is 7.05 Å². The Bertz CT molecular complexity index is 1070. The molecule has 6 nitrogen and oxygen atoms in total. The first-order valence-corrected chi connectivity index (χ1v) is 9.55. The summed E-state index contributed by atoms with van der Waals surface area (Å²) in [5, 5.41) is 0. The third-order valence-electron chi connectivity index (χ3n) is 3.84. The van der Waals surface area contributed by atoms with E-state index in [2.05, 4.69) is 9.97 Å². The molecule has 0 unspecified atom stereocenters. The van der Waals surface area contributed by atoms with E-state index in [1.807, 2.05) is 6.26 Å². The van der Waals surface area contributed by atoms with E-state index in [4.69, 9.17) is 9.47 Å². The minimum absolute atomic E-state index is 0.129. The summed E-state index contributed by atoms with van der Waals surface area (Å²) in [6.45, 7) is 0. The third kappa shape index (κ3) is 4.14. The van der Waals surface area contributed by atoms with Gasteiger partial charge in [-0.15, -0.1) is 0 Å². The molecule has 0 amide bonds. The number of benzene rings is 1. The van der Waals surface area contributed by atoms with Crippen molar-refractivity contribution in [3.63, 3.8) is 0 Å². The molecular formula is C19H17F2N3O3S. The van der Waals surface area contributed by atoms with Crippen molar-refractivity contribution in [2.45, 2.75) is 5.75 Å². The molecule has 0 N–H and O–H groups in total. The largest absolute Gasteiger partial charge is 0.491 e. The summed E-state index contributed by atoms with van der Waals surface area (Å²) in [5.74, 6) is -0.333. The van der Waals surface area contributed by atoms with Gasteiger partial charge in [0.1, 0.15) is 17.3 Å². The molecular weight excluding hydrogens is 388 g/mol. The van der Waals surface area contributed by atoms with Crippen molar-refractivity contribution in [1.82, 2.24) is 14.5 Å². The van der Waals surface area contributed by atoms with Crippen LogP contribution in [-0.2, 0) is 12.8 Å². The first-order chi connectivity index (χ1) is 13.4. The summed E-state index contributed by atoms with van der Waals surface area (Å²) in [5.41, 5.74) is 0.578. The van der Waals surface area contributed by atoms with E-state index >= 15 is 0 Å². The molecule has 3 rings (SSSR count). The molecule has 0 spiro atoms. The number of hydrogen-bond donors (Lipinski definition) is 0. The van der Waals surface area contributed by atoms with Crippen LogP contribution in [-0.4, -0.2) is 27.9 Å². The van der Waals surface area contributed by atoms with Crippen molar-refractivity contribution in [3.8, 4) is 28.5 Å². The molecule has 0 fully saturated rings. The summed E-state index contributed by atoms with van der Waals surface area (Å²) in [6, 6.07) is 4.54. The van der Waals surface area contributed by atoms with Gasteiger partial charge in [0.15, 0.2) is 23.1 Å². The molecule has 0 saturated carbocycles. The van der Waals surface area contributed by atoms with Gasteiger partial charge in [-0.25, -0.2) is 18.7 Å². The molecule has 0 saturated heterocycles. The van der Waals surface area contributed by atoms with Crippen LogP contribution in [0.25, 0.3) is 11.3 Å². The van der Waals surface area contributed by atoms with Crippen LogP contribution in [0.1, 0.15) is 5.82 Å². The lowest BCUT2D eigenvalue weighted by molar-refractivity contribution is 0.405. The molecule has 0 radical (unpaired) electrons. The highest BCUT2D eigenvalue weighted by atomic mass is 32.2. The lowest BCUT2D eigenvalue weighted by Gasteiger charge is -2.13. The van der Waals surface area contributed by atoms with Crippen molar-refractivity contribution in [3.05, 3.63) is 64.5 Å². The van der Waals surface area contributed by atoms with Crippen LogP contribution in [0.2, 0.25) is 0 Å². The second kappa shape index (κ2) is 8.39. The average molecular weight is 405 g/mol. The number of rotatable bonds is 6. The minimum Gasteiger partial charge on any atom is -0.491 e. The average Bonchev–Trinajstić information content (AvgIpc) is 2.67. The van der Waals surface area contributed by atoms with E-state index in [0.29, 0.717) is 22.8 Å². The van der Waals surface area contributed by atoms with Gasteiger partial charge in [0.05, 0.1) is 19.1 Å². The van der Waals surface area contributed by atoms with Crippen LogP contribution < -0.4 is 15.0 Å². The first-order valence-electron chi connectivity index (χ1n) is 8.15. The molecule has 2 aromatic heterocycles. The van der Waals surface area contributed by atoms with Crippen LogP contribution in [0, 0.1) is 11.6 Å². The zero-order valence-corrected chi connectivity index (χ0v) is 16.2. The van der Waals surface area contributed by atoms with Crippen molar-refractivity contribution < 1.29 is 18.3 Å². The van der Waals surface area contributed by atoms with E-state index in [1.165, 1.54) is 41.8 Å². The topological polar surface area (TPSA) is 66.2 Å². The lowest BCUT2D eigenvalue weighted by Crippen LogP contribution is -2.18. The van der Waals surface area contributed by atoms with E-state index in [9.17, 15) is 13.6 Å². The highest BCUT2D eigenvalue weighted by Gasteiger charge is 2.17. The molecule has 0 bridgehead atoms. The zero-order chi connectivity index (χ0) is 20.3. The molecule has 9 heteroatoms. The minimum atomic E-state index is -0.850. The van der Waals surface area contributed by atoms with Gasteiger partial charge in [0, 0.05) is 24.9 Å². The second-order valence-corrected chi connectivity index (χ2v) is 6.69. The van der Waals surface area contributed by atoms with Gasteiger partial charge in [0.2, 0.25) is 0 Å². The van der Waals surface area contributed by atoms with E-state index in [0.717, 1.165) is 12.1 Å². The fourth-order valence-electron chi connectivity index (χ4n) is 2.52. The number of ether oxygens (including phenoxy) is 2. The summed E-state index contributed by atoms with van der Waals surface area (Å²) in [7, 11) is 2.98. The van der Waals surface area contributed by atoms with Crippen molar-refractivity contribution in [2.75, 3.05) is 13.4 Å². The standard InChI is InChI=1S/C19H17F2N3O3S/c1-24-9-11(6-15(26-2)19(24)25)18-16(8-22-17(23-18)10-28-3)27-14-5-4-12(20)7-13(14)21/h4-9H,10H2,1-3H3. The summed E-state index contributed by atoms with van der Waals surface area (Å²) < 4.78 is 39.3. The van der Waals surface area contributed by atoms with Crippen LogP contribution in [0.15, 0.2) is 41.5 Å². The molecule has 2 heterocycles. The molecule has 0 aliphatic heterocycles. The summed E-state index contributed by atoms with van der Waals surface area (Å²) in [6.07, 6.45) is 4.91. The van der Waals surface area contributed by atoms with Crippen LogP contribution in [0.4, 0.5) is 8.78 Å². The van der Waals surface area contributed by atoms with Gasteiger partial charge < -0.3 is 14.0 Å². The van der Waals surface area contributed by atoms with Gasteiger partial charge in [-0.1, -0.05) is 0 Å². The Hall–Kier alpha value is -2.94. The van der Waals surface area contributed by atoms with E-state index < -0.39 is 11.6 Å². The molecule has 3 aromatic rings. The maximum Gasteiger partial charge on any atom is 0.292 e. The highest BCUT2D eigenvalue weighted by molar-refractivity contribution is 7.97. The Morgan fingerprint density at radius 2 is 1.96 bits per heavy atom. The second-order valence-electron chi connectivity index (χ2n) is 5.82. The van der Waals surface area contributed by atoms with Crippen LogP contribution in [0.5, 0.6) is 17.2 Å². The lowest BCUT2D eigenvalue weighted by atomic mass is 10.1. The predicted octanol–water partition coefficient (Wildman–Crippen LogP) is 3.78. The number of nitrogens with zero attached hydrogens (tertiary/aromatic N) is 3. The predicted molar refractivity (Wildman–Crippen MR) is 103 cm³/mol. The fraction of sp³-hybridized carbons (Fsp3) is 0.211. The van der Waals surface area contributed by atoms with Crippen molar-refractivity contribution in [1.29, 1.82) is 0 Å². The first kappa shape index (κ1) is 19.8. The Balaban J connectivity index is 2.14. The quantitative estimate of drug-likeness (QED) is 0.622. The maximum absolute atomic E-state index is 14.0. The number of hydrogen-bond acceptors (Lipinski definition) is 6. The van der Waals surface area contributed by atoms with Gasteiger partial charge >= 0.3 is 0 Å². The highest BCUT2D eigenvalue weighted by Crippen LogP contribution is 2.33. The molecule has 28 heavy (non-hydrogen) atoms. The maximum atomic E-state index is 14.0. The Morgan fingerprint density at radius 3 is 2.64 bits per heavy atom. The third-order valence-corrected chi connectivity index (χ3v) is 4.38. The smallest absolute Gasteiger partial charge is 0.292 e. The van der Waals surface area contributed by atoms with Crippen molar-refractivity contribution >= 4 is 11.8 Å². The fourth-order valence-corrected chi connectivity index (χ4v) is 2.92. The SMILES string of the molecule is COc1cc(-c2nc(CSC)ncc2Oc2ccc(F)cc2F)cn(C)c1=O. The number of aryl methyl sites for hydroxylation is 1. The molecule has 1 aromatic carbocycles. The van der Waals surface area contributed by atoms with Gasteiger partial charge in [-0.05, 0) is 24.5 Å². The van der Waals surface area contributed by atoms with E-state index in [1.54, 1.807) is 13.2 Å². The summed E-state index contributed by atoms with van der Waals surface area (Å²) in [4.78, 5) is 20.8. The Labute approximate surface area is 164 Å². The number of aromatic nitrogens is 3. The Morgan fingerprint density at radius 1 is 1.18 bits per heavy atom. The zero-order valence-electron chi connectivity index (χ0n) is 15.4. The van der Waals surface area contributed by atoms with Gasteiger partial charge in [-0.2, -0.15) is 11.8 Å². The number of halogens is 2. The normalized spacial score (nSPS) is 10.8. The van der Waals surface area contributed by atoms with Gasteiger partial charge in [-0.3, -0.25) is 4.79 Å². The van der Waals surface area contributed by atoms with Gasteiger partial charge in [0.25, 0.3) is 5.56 Å². The monoisotopic (exact) mass is 405 g/mol. The number of pyridine rings is 1. The number of methoxy groups -OCH3 is 1. The molecule has 146 valence electrons. The van der Waals surface area contributed by atoms with E-state index in [-0.39, 0.29) is 22.8 Å². The Kier molecular flexibility index (Phi) is 5.93. The van der Waals surface area contributed by atoms with Crippen LogP contribution in [0.3, 0.4) is 0 Å².